The van der Waals surface area contributed by atoms with Crippen LogP contribution in [0.5, 0.6) is 0 Å². The van der Waals surface area contributed by atoms with E-state index in [-0.39, 0.29) is 27.3 Å². The van der Waals surface area contributed by atoms with Gasteiger partial charge >= 0.3 is 16.5 Å². The second kappa shape index (κ2) is 23.5. The van der Waals surface area contributed by atoms with Gasteiger partial charge in [-0.1, -0.05) is 220 Å². The number of fused-ring (bicyclic) bond motifs is 3. The number of nitrogens with zero attached hydrogens (tertiary/aromatic N) is 1. The Morgan fingerprint density at radius 2 is 0.791 bits per heavy atom. The van der Waals surface area contributed by atoms with Crippen molar-refractivity contribution in [2.45, 2.75) is 153 Å². The van der Waals surface area contributed by atoms with Gasteiger partial charge in [0.15, 0.2) is 0 Å². The third-order valence-corrected chi connectivity index (χ3v) is 21.9. The third-order valence-electron chi connectivity index (χ3n) is 14.2. The summed E-state index contributed by atoms with van der Waals surface area (Å²) in [5, 5.41) is 11.6. The van der Waals surface area contributed by atoms with E-state index in [0.717, 1.165) is 19.2 Å². The topological polar surface area (TPSA) is 54.2 Å². The predicted octanol–water partition coefficient (Wildman–Crippen LogP) is 16.5. The first-order chi connectivity index (χ1) is 31.7. The molecule has 354 valence electrons. The average molecular weight is 975 g/mol. The van der Waals surface area contributed by atoms with Crippen LogP contribution >= 0.6 is 15.8 Å². The van der Waals surface area contributed by atoms with Gasteiger partial charge in [-0.2, -0.15) is 0 Å². The molecule has 3 nitrogen and oxygen atoms in total. The van der Waals surface area contributed by atoms with Crippen molar-refractivity contribution >= 4 is 43.6 Å². The maximum Gasteiger partial charge on any atom is 2.00 e. The van der Waals surface area contributed by atoms with Crippen LogP contribution in [0.3, 0.4) is 0 Å². The predicted molar refractivity (Wildman–Crippen MR) is 287 cm³/mol. The molecule has 0 unspecified atom stereocenters. The van der Waals surface area contributed by atoms with Gasteiger partial charge in [0.2, 0.25) is 0 Å². The van der Waals surface area contributed by atoms with Gasteiger partial charge in [0.05, 0.1) is 35.0 Å². The van der Waals surface area contributed by atoms with Crippen LogP contribution < -0.4 is 10.1 Å². The summed E-state index contributed by atoms with van der Waals surface area (Å²) in [7, 11) is -1.81. The van der Waals surface area contributed by atoms with E-state index >= 15 is 0 Å². The molecule has 2 fully saturated rings. The monoisotopic (exact) mass is 973 g/mol. The summed E-state index contributed by atoms with van der Waals surface area (Å²) in [6, 6.07) is 56.1. The average Bonchev–Trinajstić information content (AvgIpc) is 4.03. The Hall–Kier alpha value is -4.06. The number of carbonyl (C=O) groups is 1. The molecular formula is C61H75NNiO2P2+2. The summed E-state index contributed by atoms with van der Waals surface area (Å²) in [6.45, 7) is 19.8. The van der Waals surface area contributed by atoms with Gasteiger partial charge in [-0.3, -0.25) is 0 Å². The van der Waals surface area contributed by atoms with E-state index in [4.69, 9.17) is 14.9 Å². The summed E-state index contributed by atoms with van der Waals surface area (Å²) in [5.41, 5.74) is 17.0. The van der Waals surface area contributed by atoms with Crippen molar-refractivity contribution in [1.29, 1.82) is 0 Å². The number of hydrogen-bond donors (Lipinski definition) is 0. The number of aromatic nitrogens is 1. The Labute approximate surface area is 415 Å². The third kappa shape index (κ3) is 12.8. The van der Waals surface area contributed by atoms with Gasteiger partial charge in [-0.25, -0.2) is 0 Å². The van der Waals surface area contributed by atoms with Crippen LogP contribution in [0.4, 0.5) is 0 Å². The Morgan fingerprint density at radius 3 is 1.01 bits per heavy atom. The summed E-state index contributed by atoms with van der Waals surface area (Å²) in [4.78, 5) is 14.8. The van der Waals surface area contributed by atoms with Crippen LogP contribution in [0, 0.1) is 0 Å². The zero-order valence-corrected chi connectivity index (χ0v) is 44.6. The fourth-order valence-corrected chi connectivity index (χ4v) is 18.8. The molecule has 3 heterocycles. The fourth-order valence-electron chi connectivity index (χ4n) is 10.8. The Kier molecular flexibility index (Phi) is 18.4. The minimum absolute atomic E-state index is 0. The molecule has 0 amide bonds. The molecule has 6 heteroatoms. The van der Waals surface area contributed by atoms with E-state index in [2.05, 4.69) is 201 Å². The standard InChI is InChI=1S/C54H58NP2.C5H12.C2H4O2.Ni/c1-53(2,3)43-31-41(35-56-47(37-19-11-7-12-20-37)27-28-48(56)38-21-13-8-14-22-38)51-45(33-43)46-34-44(54(4,5)6)32-42(52(46)55-51)36-57-49(39-23-15-9-16-24-39)29-30-50(57)40-25-17-10-18-26-40;1-3-5-4-2;1-2(3)4;/h7-26,31-34,47-50H,27-30,35-36H2,1-6H3;3-5H2,1-2H3;1H3,(H,3,4);/q-1;;;+2/p+1/t47-,48-,49-,50-;;;/m1.../s1. The van der Waals surface area contributed by atoms with Crippen LogP contribution in [-0.2, 0) is 44.4 Å². The number of unbranched alkanes of at least 4 members (excludes halogenated alkanes) is 2. The first-order valence-corrected chi connectivity index (χ1v) is 28.6. The molecule has 0 aliphatic carbocycles. The number of carboxylic acid groups (broad SMARTS) is 1. The molecule has 0 saturated carbocycles. The van der Waals surface area contributed by atoms with Crippen molar-refractivity contribution in [2.24, 2.45) is 0 Å². The summed E-state index contributed by atoms with van der Waals surface area (Å²) in [6.07, 6.45) is 11.4. The van der Waals surface area contributed by atoms with Crippen LogP contribution in [-0.4, -0.2) is 5.97 Å². The second-order valence-corrected chi connectivity index (χ2v) is 26.8. The molecule has 1 aromatic heterocycles. The summed E-state index contributed by atoms with van der Waals surface area (Å²) in [5.74, 6) is -1.08. The van der Waals surface area contributed by atoms with Crippen LogP contribution in [0.1, 0.15) is 174 Å². The molecule has 2 aliphatic rings. The number of rotatable bonds is 10. The normalized spacial score (nSPS) is 18.8. The minimum atomic E-state index is -1.08. The van der Waals surface area contributed by atoms with Gasteiger partial charge in [-0.15, -0.1) is 11.0 Å². The fraction of sp³-hybridized carbons (Fsp3) is 0.393. The largest absolute Gasteiger partial charge is 2.00 e. The molecule has 9 rings (SSSR count). The Bertz CT molecular complexity index is 2360. The number of carboxylic acids is 1. The van der Waals surface area contributed by atoms with Crippen LogP contribution in [0.2, 0.25) is 0 Å². The van der Waals surface area contributed by atoms with Crippen LogP contribution in [0.15, 0.2) is 146 Å². The zero-order chi connectivity index (χ0) is 47.0. The number of benzene rings is 6. The van der Waals surface area contributed by atoms with E-state index in [1.54, 1.807) is 0 Å². The smallest absolute Gasteiger partial charge is 0.656 e. The maximum absolute atomic E-state index is 8.89. The zero-order valence-electron chi connectivity index (χ0n) is 41.6. The van der Waals surface area contributed by atoms with Crippen molar-refractivity contribution in [3.05, 3.63) is 190 Å². The molecule has 6 aromatic carbocycles. The molecule has 67 heavy (non-hydrogen) atoms. The Balaban J connectivity index is 0.000000680. The van der Waals surface area contributed by atoms with Crippen molar-refractivity contribution in [2.75, 3.05) is 0 Å². The Morgan fingerprint density at radius 1 is 0.522 bits per heavy atom. The molecule has 0 radical (unpaired) electrons. The number of hydrogen-bond acceptors (Lipinski definition) is 2. The molecule has 4 atom stereocenters. The summed E-state index contributed by atoms with van der Waals surface area (Å²) >= 11 is 0. The number of carbonyl (C=O) groups excluding carboxylic acids is 1. The molecule has 0 spiro atoms. The van der Waals surface area contributed by atoms with Crippen molar-refractivity contribution in [3.8, 4) is 0 Å². The molecule has 0 bridgehead atoms. The van der Waals surface area contributed by atoms with Crippen molar-refractivity contribution in [1.82, 2.24) is 4.98 Å². The quantitative estimate of drug-likeness (QED) is 0.101. The van der Waals surface area contributed by atoms with Gasteiger partial charge in [0.25, 0.3) is 0 Å². The van der Waals surface area contributed by atoms with E-state index in [0.29, 0.717) is 22.6 Å². The molecule has 0 N–H and O–H groups in total. The van der Waals surface area contributed by atoms with Gasteiger partial charge in [-0.05, 0) is 98.7 Å². The first-order valence-electron chi connectivity index (χ1n) is 24.8. The van der Waals surface area contributed by atoms with Gasteiger partial charge in [0.1, 0.15) is 0 Å². The molecule has 7 aromatic rings. The molecular weight excluding hydrogens is 899 g/mol. The van der Waals surface area contributed by atoms with Crippen molar-refractivity contribution in [3.63, 3.8) is 0 Å². The van der Waals surface area contributed by atoms with Gasteiger partial charge in [0, 0.05) is 21.8 Å². The SMILES string of the molecule is CC(=O)[O-].CC(C)(C)c1cc(C[PH+]2[C@@H](c3ccccc3)CC[C@@H]2c2ccccc2)c2[n-]c3c(C[PH+]4[C@@H](c5ccccc5)CC[C@@H]4c4ccccc4)cc(C(C)(C)C)cc3c2c1.CCCCC.[Ni+2]. The second-order valence-electron chi connectivity index (χ2n) is 21.0. The molecule has 2 aliphatic heterocycles. The number of aliphatic carboxylic acids is 1. The molecule has 2 saturated heterocycles. The van der Waals surface area contributed by atoms with Gasteiger partial charge < -0.3 is 14.9 Å². The van der Waals surface area contributed by atoms with E-state index < -0.39 is 21.8 Å². The summed E-state index contributed by atoms with van der Waals surface area (Å²) < 4.78 is 0. The van der Waals surface area contributed by atoms with E-state index in [1.165, 1.54) is 111 Å². The van der Waals surface area contributed by atoms with Crippen molar-refractivity contribution < 1.29 is 26.4 Å². The minimum Gasteiger partial charge on any atom is -0.656 e. The van der Waals surface area contributed by atoms with Crippen LogP contribution in [0.25, 0.3) is 21.8 Å². The van der Waals surface area contributed by atoms with E-state index in [1.807, 2.05) is 0 Å². The first kappa shape index (κ1) is 52.3. The maximum atomic E-state index is 8.89. The van der Waals surface area contributed by atoms with E-state index in [9.17, 15) is 0 Å².